The second-order valence-corrected chi connectivity index (χ2v) is 6.30. The molecule has 1 aliphatic rings. The number of hydrogen-bond donors (Lipinski definition) is 2. The lowest BCUT2D eigenvalue weighted by Crippen LogP contribution is -2.45. The molecule has 0 aliphatic carbocycles. The van der Waals surface area contributed by atoms with E-state index in [1.807, 2.05) is 4.90 Å². The SMILES string of the molecule is CCCCc1ccc(NC(=S)N2CCC[C@@H](C(N)=O)C2)cc1. The molecule has 0 bridgehead atoms. The van der Waals surface area contributed by atoms with Crippen LogP contribution in [0, 0.1) is 5.92 Å². The summed E-state index contributed by atoms with van der Waals surface area (Å²) < 4.78 is 0. The van der Waals surface area contributed by atoms with Gasteiger partial charge < -0.3 is 16.0 Å². The predicted molar refractivity (Wildman–Crippen MR) is 94.8 cm³/mol. The zero-order valence-corrected chi connectivity index (χ0v) is 14.0. The van der Waals surface area contributed by atoms with Gasteiger partial charge in [-0.15, -0.1) is 0 Å². The molecule has 1 amide bonds. The highest BCUT2D eigenvalue weighted by Gasteiger charge is 2.25. The molecule has 1 aromatic rings. The maximum Gasteiger partial charge on any atom is 0.222 e. The lowest BCUT2D eigenvalue weighted by atomic mass is 9.98. The third-order valence-electron chi connectivity index (χ3n) is 4.14. The van der Waals surface area contributed by atoms with Gasteiger partial charge in [0.25, 0.3) is 0 Å². The molecule has 2 rings (SSSR count). The second-order valence-electron chi connectivity index (χ2n) is 5.92. The third-order valence-corrected chi connectivity index (χ3v) is 4.50. The monoisotopic (exact) mass is 319 g/mol. The Balaban J connectivity index is 1.89. The highest BCUT2D eigenvalue weighted by atomic mass is 32.1. The average Bonchev–Trinajstić information content (AvgIpc) is 2.54. The third kappa shape index (κ3) is 4.70. The van der Waals surface area contributed by atoms with Gasteiger partial charge in [-0.25, -0.2) is 0 Å². The van der Waals surface area contributed by atoms with E-state index in [9.17, 15) is 4.79 Å². The van der Waals surface area contributed by atoms with Gasteiger partial charge in [-0.1, -0.05) is 25.5 Å². The van der Waals surface area contributed by atoms with Gasteiger partial charge in [-0.05, 0) is 55.6 Å². The Morgan fingerprint density at radius 3 is 2.77 bits per heavy atom. The highest BCUT2D eigenvalue weighted by Crippen LogP contribution is 2.18. The van der Waals surface area contributed by atoms with Crippen molar-refractivity contribution in [3.8, 4) is 0 Å². The summed E-state index contributed by atoms with van der Waals surface area (Å²) >= 11 is 5.46. The molecule has 120 valence electrons. The molecule has 0 radical (unpaired) electrons. The second kappa shape index (κ2) is 8.13. The Kier molecular flexibility index (Phi) is 6.19. The fourth-order valence-electron chi connectivity index (χ4n) is 2.73. The van der Waals surface area contributed by atoms with Crippen LogP contribution >= 0.6 is 12.2 Å². The van der Waals surface area contributed by atoms with Crippen LogP contribution in [0.2, 0.25) is 0 Å². The number of nitrogens with zero attached hydrogens (tertiary/aromatic N) is 1. The minimum absolute atomic E-state index is 0.0927. The van der Waals surface area contributed by atoms with Crippen molar-refractivity contribution in [2.45, 2.75) is 39.0 Å². The van der Waals surface area contributed by atoms with Gasteiger partial charge in [0.1, 0.15) is 0 Å². The Bertz CT molecular complexity index is 515. The number of anilines is 1. The number of amides is 1. The van der Waals surface area contributed by atoms with E-state index in [1.165, 1.54) is 18.4 Å². The van der Waals surface area contributed by atoms with E-state index in [0.29, 0.717) is 11.7 Å². The fourth-order valence-corrected chi connectivity index (χ4v) is 3.02. The summed E-state index contributed by atoms with van der Waals surface area (Å²) in [7, 11) is 0. The van der Waals surface area contributed by atoms with Crippen molar-refractivity contribution in [1.82, 2.24) is 4.90 Å². The quantitative estimate of drug-likeness (QED) is 0.819. The molecular weight excluding hydrogens is 294 g/mol. The van der Waals surface area contributed by atoms with Crippen LogP contribution in [0.1, 0.15) is 38.2 Å². The van der Waals surface area contributed by atoms with E-state index in [0.717, 1.165) is 31.5 Å². The van der Waals surface area contributed by atoms with Crippen LogP contribution in [-0.4, -0.2) is 29.0 Å². The minimum Gasteiger partial charge on any atom is -0.369 e. The largest absolute Gasteiger partial charge is 0.369 e. The van der Waals surface area contributed by atoms with Gasteiger partial charge in [0.15, 0.2) is 5.11 Å². The number of nitrogens with two attached hydrogens (primary N) is 1. The van der Waals surface area contributed by atoms with E-state index >= 15 is 0 Å². The minimum atomic E-state index is -0.229. The number of benzene rings is 1. The van der Waals surface area contributed by atoms with E-state index in [1.54, 1.807) is 0 Å². The van der Waals surface area contributed by atoms with Crippen LogP contribution in [-0.2, 0) is 11.2 Å². The summed E-state index contributed by atoms with van der Waals surface area (Å²) in [6.45, 7) is 3.70. The summed E-state index contributed by atoms with van der Waals surface area (Å²) in [5.41, 5.74) is 7.75. The van der Waals surface area contributed by atoms with E-state index in [2.05, 4.69) is 36.5 Å². The van der Waals surface area contributed by atoms with Crippen LogP contribution < -0.4 is 11.1 Å². The number of likely N-dealkylation sites (tertiary alicyclic amines) is 1. The molecule has 4 nitrogen and oxygen atoms in total. The van der Waals surface area contributed by atoms with Crippen LogP contribution in [0.25, 0.3) is 0 Å². The predicted octanol–water partition coefficient (Wildman–Crippen LogP) is 2.92. The number of rotatable bonds is 5. The number of unbranched alkanes of at least 4 members (excludes halogenated alkanes) is 1. The van der Waals surface area contributed by atoms with Crippen molar-refractivity contribution in [2.75, 3.05) is 18.4 Å². The molecule has 5 heteroatoms. The Labute approximate surface area is 138 Å². The molecule has 0 unspecified atom stereocenters. The van der Waals surface area contributed by atoms with Gasteiger partial charge in [0.2, 0.25) is 5.91 Å². The number of hydrogen-bond acceptors (Lipinski definition) is 2. The van der Waals surface area contributed by atoms with Crippen LogP contribution in [0.4, 0.5) is 5.69 Å². The molecule has 0 aromatic heterocycles. The molecule has 1 heterocycles. The number of carbonyl (C=O) groups is 1. The van der Waals surface area contributed by atoms with Gasteiger partial charge >= 0.3 is 0 Å². The van der Waals surface area contributed by atoms with E-state index in [-0.39, 0.29) is 11.8 Å². The van der Waals surface area contributed by atoms with Crippen molar-refractivity contribution < 1.29 is 4.79 Å². The van der Waals surface area contributed by atoms with E-state index < -0.39 is 0 Å². The molecule has 1 saturated heterocycles. The van der Waals surface area contributed by atoms with Crippen LogP contribution in [0.15, 0.2) is 24.3 Å². The molecular formula is C17H25N3OS. The number of primary amides is 1. The maximum atomic E-state index is 11.3. The first-order chi connectivity index (χ1) is 10.6. The normalized spacial score (nSPS) is 18.0. The summed E-state index contributed by atoms with van der Waals surface area (Å²) in [6, 6.07) is 8.41. The van der Waals surface area contributed by atoms with Gasteiger partial charge in [0.05, 0.1) is 5.92 Å². The summed E-state index contributed by atoms with van der Waals surface area (Å²) in [5, 5.41) is 3.93. The maximum absolute atomic E-state index is 11.3. The first-order valence-corrected chi connectivity index (χ1v) is 8.45. The highest BCUT2D eigenvalue weighted by molar-refractivity contribution is 7.80. The zero-order valence-electron chi connectivity index (χ0n) is 13.2. The standard InChI is InChI=1S/C17H25N3OS/c1-2-3-5-13-7-9-15(10-8-13)19-17(22)20-11-4-6-14(12-20)16(18)21/h7-10,14H,2-6,11-12H2,1H3,(H2,18,21)(H,19,22)/t14-/m1/s1. The van der Waals surface area contributed by atoms with Crippen molar-refractivity contribution in [1.29, 1.82) is 0 Å². The van der Waals surface area contributed by atoms with Crippen molar-refractivity contribution >= 4 is 28.9 Å². The molecule has 0 saturated carbocycles. The first kappa shape index (κ1) is 16.7. The van der Waals surface area contributed by atoms with Crippen LogP contribution in [0.5, 0.6) is 0 Å². The Hall–Kier alpha value is -1.62. The van der Waals surface area contributed by atoms with Gasteiger partial charge in [-0.2, -0.15) is 0 Å². The van der Waals surface area contributed by atoms with Crippen molar-refractivity contribution in [3.63, 3.8) is 0 Å². The molecule has 1 aliphatic heterocycles. The molecule has 1 atom stereocenters. The lowest BCUT2D eigenvalue weighted by molar-refractivity contribution is -0.122. The number of carbonyl (C=O) groups excluding carboxylic acids is 1. The number of nitrogens with one attached hydrogen (secondary N) is 1. The van der Waals surface area contributed by atoms with Crippen molar-refractivity contribution in [2.24, 2.45) is 11.7 Å². The summed E-state index contributed by atoms with van der Waals surface area (Å²) in [6.07, 6.45) is 5.35. The lowest BCUT2D eigenvalue weighted by Gasteiger charge is -2.33. The van der Waals surface area contributed by atoms with Gasteiger partial charge in [-0.3, -0.25) is 4.79 Å². The topological polar surface area (TPSA) is 58.4 Å². The molecule has 22 heavy (non-hydrogen) atoms. The summed E-state index contributed by atoms with van der Waals surface area (Å²) in [5.74, 6) is -0.322. The average molecular weight is 319 g/mol. The Morgan fingerprint density at radius 2 is 2.14 bits per heavy atom. The van der Waals surface area contributed by atoms with Gasteiger partial charge in [0, 0.05) is 18.8 Å². The number of piperidine rings is 1. The Morgan fingerprint density at radius 1 is 1.41 bits per heavy atom. The summed E-state index contributed by atoms with van der Waals surface area (Å²) in [4.78, 5) is 13.4. The zero-order chi connectivity index (χ0) is 15.9. The molecule has 3 N–H and O–H groups in total. The first-order valence-electron chi connectivity index (χ1n) is 8.04. The number of thiocarbonyl (C=S) groups is 1. The molecule has 0 spiro atoms. The van der Waals surface area contributed by atoms with E-state index in [4.69, 9.17) is 18.0 Å². The fraction of sp³-hybridized carbons (Fsp3) is 0.529. The van der Waals surface area contributed by atoms with Crippen LogP contribution in [0.3, 0.4) is 0 Å². The van der Waals surface area contributed by atoms with Crippen molar-refractivity contribution in [3.05, 3.63) is 29.8 Å². The number of aryl methyl sites for hydroxylation is 1. The molecule has 1 fully saturated rings. The molecule has 1 aromatic carbocycles. The smallest absolute Gasteiger partial charge is 0.222 e.